The number of carboxylic acids is 1. The number of unbranched alkanes of at least 4 members (excludes halogenated alkanes) is 8. The summed E-state index contributed by atoms with van der Waals surface area (Å²) in [6.07, 6.45) is 33.9. The summed E-state index contributed by atoms with van der Waals surface area (Å²) in [5.74, 6) is 0.200. The molecule has 3 rings (SSSR count). The Labute approximate surface area is 405 Å². The number of allylic oxidation sites excluding steroid dienone is 8. The first-order chi connectivity index (χ1) is 32.3. The van der Waals surface area contributed by atoms with Crippen LogP contribution in [0.4, 0.5) is 0 Å². The molecule has 0 saturated heterocycles. The van der Waals surface area contributed by atoms with Crippen LogP contribution < -0.4 is 9.47 Å². The van der Waals surface area contributed by atoms with Crippen LogP contribution in [0.1, 0.15) is 168 Å². The molecule has 374 valence electrons. The molecule has 0 aliphatic carbocycles. The highest BCUT2D eigenvalue weighted by Crippen LogP contribution is 2.23. The Morgan fingerprint density at radius 3 is 1.34 bits per heavy atom. The van der Waals surface area contributed by atoms with Gasteiger partial charge in [-0.2, -0.15) is 8.42 Å². The predicted molar refractivity (Wildman–Crippen MR) is 276 cm³/mol. The van der Waals surface area contributed by atoms with Crippen molar-refractivity contribution >= 4 is 22.1 Å². The summed E-state index contributed by atoms with van der Waals surface area (Å²) in [5, 5.41) is 17.4. The summed E-state index contributed by atoms with van der Waals surface area (Å²) >= 11 is 0. The summed E-state index contributed by atoms with van der Waals surface area (Å²) in [7, 11) is -2.20. The Bertz CT molecular complexity index is 1960. The molecule has 3 aromatic carbocycles. The van der Waals surface area contributed by atoms with Crippen LogP contribution in [0.3, 0.4) is 0 Å². The number of hydrogen-bond acceptors (Lipinski definition) is 9. The van der Waals surface area contributed by atoms with Crippen molar-refractivity contribution in [2.75, 3.05) is 33.5 Å². The highest BCUT2D eigenvalue weighted by atomic mass is 32.2. The molecule has 2 N–H and O–H groups in total. The molecule has 0 fully saturated rings. The summed E-state index contributed by atoms with van der Waals surface area (Å²) in [5.41, 5.74) is 3.44. The molecule has 0 amide bonds. The monoisotopic (exact) mass is 949 g/mol. The number of rotatable bonds is 29. The fraction of sp³-hybridized carbons (Fsp3) is 0.500. The first-order valence-corrected chi connectivity index (χ1v) is 25.7. The first kappa shape index (κ1) is 62.0. The van der Waals surface area contributed by atoms with E-state index in [1.807, 2.05) is 32.0 Å². The second-order valence-electron chi connectivity index (χ2n) is 15.7. The van der Waals surface area contributed by atoms with Crippen molar-refractivity contribution in [2.45, 2.75) is 156 Å². The Balaban J connectivity index is 0.000000894. The lowest BCUT2D eigenvalue weighted by atomic mass is 10.1. The first-order valence-electron chi connectivity index (χ1n) is 24.3. The molecule has 0 aromatic heterocycles. The van der Waals surface area contributed by atoms with Crippen LogP contribution in [0.2, 0.25) is 0 Å². The van der Waals surface area contributed by atoms with Crippen molar-refractivity contribution in [3.63, 3.8) is 0 Å². The molecular formula is C56H84O10S. The number of hydrogen-bond donors (Lipinski definition) is 2. The number of aliphatic hydroxyl groups excluding tert-OH is 1. The lowest BCUT2D eigenvalue weighted by molar-refractivity contribution is 0.0598. The van der Waals surface area contributed by atoms with Gasteiger partial charge in [0, 0.05) is 17.7 Å². The maximum atomic E-state index is 11.8. The van der Waals surface area contributed by atoms with Crippen molar-refractivity contribution in [1.82, 2.24) is 0 Å². The number of carboxylic acid groups (broad SMARTS) is 1. The van der Waals surface area contributed by atoms with E-state index >= 15 is 0 Å². The van der Waals surface area contributed by atoms with Gasteiger partial charge in [0.05, 0.1) is 43.0 Å². The number of benzene rings is 3. The van der Waals surface area contributed by atoms with Crippen molar-refractivity contribution in [3.05, 3.63) is 137 Å². The normalized spacial score (nSPS) is 11.2. The molecule has 67 heavy (non-hydrogen) atoms. The van der Waals surface area contributed by atoms with E-state index in [0.717, 1.165) is 120 Å². The number of carbonyl (C=O) groups is 2. The summed E-state index contributed by atoms with van der Waals surface area (Å²) in [6.45, 7) is 15.9. The van der Waals surface area contributed by atoms with E-state index in [0.29, 0.717) is 42.3 Å². The van der Waals surface area contributed by atoms with E-state index in [-0.39, 0.29) is 17.5 Å². The van der Waals surface area contributed by atoms with Crippen LogP contribution in [0, 0.1) is 20.8 Å². The highest BCUT2D eigenvalue weighted by molar-refractivity contribution is 7.86. The smallest absolute Gasteiger partial charge is 0.338 e. The van der Waals surface area contributed by atoms with Crippen LogP contribution in [-0.2, 0) is 19.0 Å². The van der Waals surface area contributed by atoms with Gasteiger partial charge in [0.2, 0.25) is 0 Å². The number of aliphatic hydroxyl groups is 1. The van der Waals surface area contributed by atoms with E-state index in [1.54, 1.807) is 49.4 Å². The maximum Gasteiger partial charge on any atom is 0.338 e. The van der Waals surface area contributed by atoms with E-state index in [9.17, 15) is 18.0 Å². The van der Waals surface area contributed by atoms with Gasteiger partial charge in [-0.15, -0.1) is 0 Å². The lowest BCUT2D eigenvalue weighted by Gasteiger charge is -2.11. The number of aryl methyl sites for hydroxylation is 1. The number of carbonyl (C=O) groups excluding carboxylic acids is 1. The van der Waals surface area contributed by atoms with Gasteiger partial charge in [-0.1, -0.05) is 106 Å². The van der Waals surface area contributed by atoms with Crippen LogP contribution >= 0.6 is 0 Å². The van der Waals surface area contributed by atoms with Gasteiger partial charge in [0.1, 0.15) is 11.5 Å². The summed E-state index contributed by atoms with van der Waals surface area (Å²) in [4.78, 5) is 22.8. The van der Waals surface area contributed by atoms with Gasteiger partial charge in [-0.25, -0.2) is 9.59 Å². The standard InChI is InChI=1S/C17H24O3.C16H22O3.C15H22O3S.C8H16O/c1-4-5-6-7-8-9-13-20-16-12-10-11-15(14(16)2)17(18)19-3;1-3-4-5-6-7-8-12-19-15-11-9-10-14(13(15)2)16(17)18;1-3-4-5-6-7-8-13-18-19(16,17)15-11-9-14(2)10-12-15;1-2-3-4-5-6-7-8-9/h5-6,10-12H,4,7-9,13H2,1-3H3;4-5,9-11H,3,6-8,12H2,1-2H3,(H,17,18);4-5,9-12H,3,6-8,13H2,1-2H3;3-4,9H,2,5-8H2,1H3/b6-5-;2*5-4-;4-3-. The third-order valence-corrected chi connectivity index (χ3v) is 11.3. The zero-order chi connectivity index (χ0) is 50.0. The Morgan fingerprint density at radius 1 is 0.537 bits per heavy atom. The summed E-state index contributed by atoms with van der Waals surface area (Å²) < 4.78 is 44.8. The molecule has 0 saturated carbocycles. The largest absolute Gasteiger partial charge is 0.493 e. The third-order valence-electron chi connectivity index (χ3n) is 9.95. The molecule has 0 aliphatic rings. The molecule has 11 heteroatoms. The molecule has 0 unspecified atom stereocenters. The van der Waals surface area contributed by atoms with E-state index in [1.165, 1.54) is 7.11 Å². The zero-order valence-electron chi connectivity index (χ0n) is 42.1. The van der Waals surface area contributed by atoms with Crippen LogP contribution in [0.5, 0.6) is 11.5 Å². The van der Waals surface area contributed by atoms with Crippen LogP contribution in [-0.4, -0.2) is 64.1 Å². The maximum absolute atomic E-state index is 11.8. The molecule has 0 radical (unpaired) electrons. The number of methoxy groups -OCH3 is 1. The minimum Gasteiger partial charge on any atom is -0.493 e. The number of esters is 1. The predicted octanol–water partition coefficient (Wildman–Crippen LogP) is 14.5. The quantitative estimate of drug-likeness (QED) is 0.0298. The SMILES string of the molecule is CC/C=C\CCCCO.CC/C=C\CCCCOS(=O)(=O)c1ccc(C)cc1.CC/C=C\CCCCOc1cccc(C(=O)O)c1C.CC/C=C\CCCCOc1cccc(C(=O)OC)c1C. The number of ether oxygens (including phenoxy) is 3. The van der Waals surface area contributed by atoms with Gasteiger partial charge in [0.15, 0.2) is 0 Å². The van der Waals surface area contributed by atoms with Gasteiger partial charge < -0.3 is 24.4 Å². The van der Waals surface area contributed by atoms with Gasteiger partial charge in [-0.3, -0.25) is 4.18 Å². The zero-order valence-corrected chi connectivity index (χ0v) is 42.9. The molecule has 0 spiro atoms. The second kappa shape index (κ2) is 41.2. The van der Waals surface area contributed by atoms with Gasteiger partial charge >= 0.3 is 11.9 Å². The van der Waals surface area contributed by atoms with Crippen molar-refractivity contribution in [2.24, 2.45) is 0 Å². The van der Waals surface area contributed by atoms with E-state index in [2.05, 4.69) is 76.3 Å². The van der Waals surface area contributed by atoms with E-state index < -0.39 is 16.1 Å². The molecular weight excluding hydrogens is 865 g/mol. The second-order valence-corrected chi connectivity index (χ2v) is 17.3. The molecule has 0 heterocycles. The lowest BCUT2D eigenvalue weighted by Crippen LogP contribution is -2.07. The highest BCUT2D eigenvalue weighted by Gasteiger charge is 2.15. The van der Waals surface area contributed by atoms with Crippen LogP contribution in [0.25, 0.3) is 0 Å². The minimum atomic E-state index is -3.59. The summed E-state index contributed by atoms with van der Waals surface area (Å²) in [6, 6.07) is 17.3. The van der Waals surface area contributed by atoms with Gasteiger partial charge in [0.25, 0.3) is 10.1 Å². The fourth-order valence-corrected chi connectivity index (χ4v) is 6.96. The third kappa shape index (κ3) is 30.8. The molecule has 3 aromatic rings. The molecule has 0 atom stereocenters. The number of aromatic carboxylic acids is 1. The fourth-order valence-electron chi connectivity index (χ4n) is 6.02. The van der Waals surface area contributed by atoms with Crippen LogP contribution in [0.15, 0.2) is 114 Å². The Morgan fingerprint density at radius 2 is 0.940 bits per heavy atom. The molecule has 0 aliphatic heterocycles. The molecule has 10 nitrogen and oxygen atoms in total. The average molecular weight is 949 g/mol. The molecule has 0 bridgehead atoms. The minimum absolute atomic E-state index is 0.226. The Hall–Kier alpha value is -4.97. The van der Waals surface area contributed by atoms with Crippen molar-refractivity contribution in [1.29, 1.82) is 0 Å². The van der Waals surface area contributed by atoms with Gasteiger partial charge in [-0.05, 0) is 160 Å². The van der Waals surface area contributed by atoms with Crippen molar-refractivity contribution in [3.8, 4) is 11.5 Å². The average Bonchev–Trinajstić information content (AvgIpc) is 3.32. The van der Waals surface area contributed by atoms with E-state index in [4.69, 9.17) is 28.6 Å². The Kier molecular flexibility index (Phi) is 38.2. The van der Waals surface area contributed by atoms with Crippen molar-refractivity contribution < 1.29 is 46.6 Å². The topological polar surface area (TPSA) is 146 Å².